The van der Waals surface area contributed by atoms with E-state index < -0.39 is 59.9 Å². The molecule has 2 N–H and O–H groups in total. The molecular formula is C30H38F3NO9. The summed E-state index contributed by atoms with van der Waals surface area (Å²) in [5, 5.41) is 21.7. The number of fused-ring (bicyclic) bond motifs is 3. The van der Waals surface area contributed by atoms with Gasteiger partial charge >= 0.3 is 18.1 Å². The quantitative estimate of drug-likeness (QED) is 0.379. The van der Waals surface area contributed by atoms with Gasteiger partial charge in [0.2, 0.25) is 6.79 Å². The first kappa shape index (κ1) is 31.4. The second-order valence-corrected chi connectivity index (χ2v) is 12.4. The smallest absolute Gasteiger partial charge is 0.422 e. The second kappa shape index (κ2) is 11.5. The van der Waals surface area contributed by atoms with Crippen molar-refractivity contribution in [3.8, 4) is 11.5 Å². The van der Waals surface area contributed by atoms with E-state index >= 15 is 0 Å². The Morgan fingerprint density at radius 3 is 2.51 bits per heavy atom. The Balaban J connectivity index is 1.47. The summed E-state index contributed by atoms with van der Waals surface area (Å²) >= 11 is 0. The largest absolute Gasteiger partial charge is 0.497 e. The number of nitrogens with zero attached hydrogens (tertiary/aromatic N) is 1. The lowest BCUT2D eigenvalue weighted by Gasteiger charge is -2.39. The highest BCUT2D eigenvalue weighted by Gasteiger charge is 2.59. The number of carbonyl (C=O) groups excluding carboxylic acids is 2. The molecule has 10 nitrogen and oxygen atoms in total. The number of esters is 2. The summed E-state index contributed by atoms with van der Waals surface area (Å²) in [6.45, 7) is 2.87. The van der Waals surface area contributed by atoms with Crippen LogP contribution in [0, 0.1) is 0 Å². The van der Waals surface area contributed by atoms with E-state index in [0.717, 1.165) is 37.1 Å². The molecule has 3 heterocycles. The number of carbonyl (C=O) groups is 2. The van der Waals surface area contributed by atoms with Crippen molar-refractivity contribution >= 4 is 11.9 Å². The summed E-state index contributed by atoms with van der Waals surface area (Å²) in [6, 6.07) is 3.82. The molecule has 0 amide bonds. The van der Waals surface area contributed by atoms with Crippen LogP contribution < -0.4 is 9.47 Å². The van der Waals surface area contributed by atoms with Gasteiger partial charge in [0.05, 0.1) is 30.6 Å². The van der Waals surface area contributed by atoms with Crippen LogP contribution in [0.5, 0.6) is 11.5 Å². The predicted octanol–water partition coefficient (Wildman–Crippen LogP) is 3.51. The zero-order valence-corrected chi connectivity index (χ0v) is 24.5. The highest BCUT2D eigenvalue weighted by atomic mass is 19.4. The number of ether oxygens (including phenoxy) is 5. The maximum absolute atomic E-state index is 13.8. The van der Waals surface area contributed by atoms with Crippen molar-refractivity contribution < 1.29 is 56.7 Å². The number of hydrogen-bond donors (Lipinski definition) is 2. The minimum absolute atomic E-state index is 0.0761. The average Bonchev–Trinajstić information content (AvgIpc) is 3.60. The normalized spacial score (nSPS) is 26.0. The monoisotopic (exact) mass is 613 g/mol. The number of aliphatic hydroxyl groups is 2. The maximum atomic E-state index is 13.8. The van der Waals surface area contributed by atoms with Gasteiger partial charge < -0.3 is 33.9 Å². The van der Waals surface area contributed by atoms with Gasteiger partial charge in [-0.1, -0.05) is 0 Å². The molecule has 3 aliphatic heterocycles. The minimum Gasteiger partial charge on any atom is -0.497 e. The van der Waals surface area contributed by atoms with Gasteiger partial charge in [0.15, 0.2) is 29.8 Å². The Labute approximate surface area is 247 Å². The Hall–Kier alpha value is -3.03. The lowest BCUT2D eigenvalue weighted by atomic mass is 9.77. The van der Waals surface area contributed by atoms with Gasteiger partial charge in [-0.05, 0) is 88.3 Å². The Morgan fingerprint density at radius 1 is 1.12 bits per heavy atom. The van der Waals surface area contributed by atoms with E-state index in [-0.39, 0.29) is 26.1 Å². The third kappa shape index (κ3) is 6.44. The molecular weight excluding hydrogens is 575 g/mol. The Kier molecular flexibility index (Phi) is 8.38. The summed E-state index contributed by atoms with van der Waals surface area (Å²) in [6.07, 6.45) is -2.64. The highest BCUT2D eigenvalue weighted by molar-refractivity contribution is 5.86. The lowest BCUT2D eigenvalue weighted by Crippen LogP contribution is -2.49. The third-order valence-corrected chi connectivity index (χ3v) is 8.79. The van der Waals surface area contributed by atoms with Crippen molar-refractivity contribution in [2.75, 3.05) is 33.6 Å². The summed E-state index contributed by atoms with van der Waals surface area (Å²) in [4.78, 5) is 28.6. The van der Waals surface area contributed by atoms with E-state index in [1.807, 2.05) is 18.2 Å². The Bertz CT molecular complexity index is 1280. The molecule has 1 aliphatic carbocycles. The fraction of sp³-hybridized carbons (Fsp3) is 0.667. The molecule has 1 spiro atoms. The topological polar surface area (TPSA) is 124 Å². The van der Waals surface area contributed by atoms with E-state index in [2.05, 4.69) is 9.64 Å². The van der Waals surface area contributed by atoms with Gasteiger partial charge in [0.1, 0.15) is 5.76 Å². The van der Waals surface area contributed by atoms with Gasteiger partial charge in [-0.25, -0.2) is 4.79 Å². The molecule has 0 bridgehead atoms. The molecule has 0 radical (unpaired) electrons. The molecule has 43 heavy (non-hydrogen) atoms. The van der Waals surface area contributed by atoms with Crippen LogP contribution in [0.3, 0.4) is 0 Å². The number of methoxy groups -OCH3 is 1. The Morgan fingerprint density at radius 2 is 1.84 bits per heavy atom. The van der Waals surface area contributed by atoms with Crippen molar-refractivity contribution in [3.63, 3.8) is 0 Å². The number of alkyl halides is 3. The fourth-order valence-electron chi connectivity index (χ4n) is 6.85. The van der Waals surface area contributed by atoms with Crippen LogP contribution >= 0.6 is 0 Å². The van der Waals surface area contributed by atoms with Crippen LogP contribution in [-0.2, 0) is 30.2 Å². The van der Waals surface area contributed by atoms with Gasteiger partial charge in [-0.2, -0.15) is 13.2 Å². The van der Waals surface area contributed by atoms with E-state index in [1.54, 1.807) is 0 Å². The predicted molar refractivity (Wildman–Crippen MR) is 144 cm³/mol. The number of halogens is 3. The number of rotatable bonds is 10. The zero-order chi connectivity index (χ0) is 31.2. The van der Waals surface area contributed by atoms with Gasteiger partial charge in [-0.15, -0.1) is 0 Å². The average molecular weight is 614 g/mol. The van der Waals surface area contributed by atoms with Crippen LogP contribution in [0.2, 0.25) is 0 Å². The molecule has 238 valence electrons. The zero-order valence-electron chi connectivity index (χ0n) is 24.5. The van der Waals surface area contributed by atoms with Crippen LogP contribution in [0.4, 0.5) is 13.2 Å². The molecule has 13 heteroatoms. The molecule has 4 aliphatic rings. The van der Waals surface area contributed by atoms with Gasteiger partial charge in [0, 0.05) is 6.54 Å². The maximum Gasteiger partial charge on any atom is 0.422 e. The van der Waals surface area contributed by atoms with E-state index in [4.69, 9.17) is 18.9 Å². The minimum atomic E-state index is -4.78. The first-order valence-corrected chi connectivity index (χ1v) is 14.5. The number of benzene rings is 1. The molecule has 5 rings (SSSR count). The fourth-order valence-corrected chi connectivity index (χ4v) is 6.85. The standard InChI is InChI=1S/C30H38F3NO9/c1-27(2,37)7-4-9-29(38,15-23(35)40-16-30(31,32)33)26(36)43-25-22(39-3)14-28-8-5-10-34(28)11-6-18-12-20-21(42-17-41-20)13-19(18)24(25)28/h12-14,24-25,37-38H,4-11,15-17H2,1-3H3/t24?,25?,28?,29-/m0/s1. The van der Waals surface area contributed by atoms with Gasteiger partial charge in [0.25, 0.3) is 0 Å². The van der Waals surface area contributed by atoms with Crippen molar-refractivity contribution in [3.05, 3.63) is 35.1 Å². The second-order valence-electron chi connectivity index (χ2n) is 12.4. The summed E-state index contributed by atoms with van der Waals surface area (Å²) < 4.78 is 65.4. The van der Waals surface area contributed by atoms with E-state index in [0.29, 0.717) is 23.7 Å². The van der Waals surface area contributed by atoms with Crippen molar-refractivity contribution in [2.45, 2.75) is 93.7 Å². The van der Waals surface area contributed by atoms with E-state index in [1.165, 1.54) is 21.0 Å². The lowest BCUT2D eigenvalue weighted by molar-refractivity contribution is -0.193. The number of hydrogen-bond acceptors (Lipinski definition) is 10. The third-order valence-electron chi connectivity index (χ3n) is 8.79. The molecule has 1 fully saturated rings. The van der Waals surface area contributed by atoms with Crippen LogP contribution in [0.15, 0.2) is 24.0 Å². The van der Waals surface area contributed by atoms with Crippen LogP contribution in [0.25, 0.3) is 0 Å². The van der Waals surface area contributed by atoms with Gasteiger partial charge in [-0.3, -0.25) is 9.69 Å². The first-order valence-electron chi connectivity index (χ1n) is 14.5. The summed E-state index contributed by atoms with van der Waals surface area (Å²) in [5.41, 5.74) is -2.34. The molecule has 0 aromatic heterocycles. The summed E-state index contributed by atoms with van der Waals surface area (Å²) in [5.74, 6) is -1.49. The SMILES string of the molecule is COC1=CC23CCCN2CCc2cc4c(cc2C3C1OC(=O)[C@](O)(CCCC(C)(C)O)CC(=O)OCC(F)(F)F)OCO4. The van der Waals surface area contributed by atoms with Crippen molar-refractivity contribution in [2.24, 2.45) is 0 Å². The highest BCUT2D eigenvalue weighted by Crippen LogP contribution is 2.55. The molecule has 3 unspecified atom stereocenters. The van der Waals surface area contributed by atoms with E-state index in [9.17, 15) is 33.0 Å². The molecule has 1 saturated heterocycles. The van der Waals surface area contributed by atoms with Crippen molar-refractivity contribution in [1.29, 1.82) is 0 Å². The molecule has 1 aromatic rings. The first-order chi connectivity index (χ1) is 20.1. The van der Waals surface area contributed by atoms with Crippen LogP contribution in [-0.4, -0.2) is 89.7 Å². The molecule has 0 saturated carbocycles. The van der Waals surface area contributed by atoms with Crippen LogP contribution in [0.1, 0.15) is 69.4 Å². The molecule has 1 aromatic carbocycles. The molecule has 4 atom stereocenters. The van der Waals surface area contributed by atoms with Crippen molar-refractivity contribution in [1.82, 2.24) is 4.90 Å². The summed E-state index contributed by atoms with van der Waals surface area (Å²) in [7, 11) is 1.46.